The van der Waals surface area contributed by atoms with Crippen LogP contribution in [0.15, 0.2) is 51.9 Å². The van der Waals surface area contributed by atoms with Gasteiger partial charge in [-0.2, -0.15) is 4.99 Å². The number of carbonyl (C=O) groups is 1. The number of aryl methyl sites for hydroxylation is 2. The van der Waals surface area contributed by atoms with Gasteiger partial charge in [-0.1, -0.05) is 80.5 Å². The van der Waals surface area contributed by atoms with E-state index in [0.717, 1.165) is 21.3 Å². The van der Waals surface area contributed by atoms with Gasteiger partial charge in [-0.3, -0.25) is 10.6 Å². The van der Waals surface area contributed by atoms with Gasteiger partial charge in [0, 0.05) is 17.0 Å². The van der Waals surface area contributed by atoms with Crippen LogP contribution in [-0.2, 0) is 4.74 Å². The van der Waals surface area contributed by atoms with E-state index in [4.69, 9.17) is 57.0 Å². The molecule has 2 rings (SSSR count). The van der Waals surface area contributed by atoms with E-state index in [1.54, 1.807) is 31.2 Å². The summed E-state index contributed by atoms with van der Waals surface area (Å²) in [5.74, 6) is 5.47. The molecule has 0 radical (unpaired) electrons. The van der Waals surface area contributed by atoms with E-state index >= 15 is 0 Å². The van der Waals surface area contributed by atoms with Crippen LogP contribution in [0.25, 0.3) is 0 Å². The van der Waals surface area contributed by atoms with Crippen LogP contribution in [0, 0.1) is 13.8 Å². The van der Waals surface area contributed by atoms with E-state index in [1.165, 1.54) is 0 Å². The molecule has 0 aliphatic rings. The molecule has 0 heterocycles. The monoisotopic (exact) mass is 557 g/mol. The summed E-state index contributed by atoms with van der Waals surface area (Å²) < 4.78 is 4.54. The van der Waals surface area contributed by atoms with Gasteiger partial charge >= 0.3 is 0 Å². The third kappa shape index (κ3) is 14.1. The molecule has 30 heavy (non-hydrogen) atoms. The zero-order valence-electron chi connectivity index (χ0n) is 17.0. The Morgan fingerprint density at radius 3 is 2.00 bits per heavy atom. The zero-order valence-corrected chi connectivity index (χ0v) is 21.6. The quantitative estimate of drug-likeness (QED) is 0.137. The predicted octanol–water partition coefficient (Wildman–Crippen LogP) is 7.19. The lowest BCUT2D eigenvalue weighted by atomic mass is 10.1. The van der Waals surface area contributed by atoms with Gasteiger partial charge in [0.05, 0.1) is 12.3 Å². The van der Waals surface area contributed by atoms with Gasteiger partial charge in [-0.05, 0) is 56.2 Å². The SMILES string of the molecule is CCOC(C)=NC(=O)c1ccccc1.Cc1cc(Br)cc(C)c1NN.ClC(Cl)(Cl)Cl. The molecular weight excluding hydrogens is 536 g/mol. The fourth-order valence-corrected chi connectivity index (χ4v) is 2.85. The summed E-state index contributed by atoms with van der Waals surface area (Å²) in [7, 11) is 0. The van der Waals surface area contributed by atoms with E-state index in [1.807, 2.05) is 39.0 Å². The Bertz CT molecular complexity index is 800. The van der Waals surface area contributed by atoms with Crippen LogP contribution in [-0.4, -0.2) is 21.7 Å². The van der Waals surface area contributed by atoms with Crippen LogP contribution in [0.5, 0.6) is 0 Å². The maximum Gasteiger partial charge on any atom is 0.279 e. The molecule has 0 aliphatic carbocycles. The Labute approximate surface area is 206 Å². The Morgan fingerprint density at radius 2 is 1.60 bits per heavy atom. The van der Waals surface area contributed by atoms with E-state index in [2.05, 4.69) is 26.3 Å². The third-order valence-electron chi connectivity index (χ3n) is 3.27. The van der Waals surface area contributed by atoms with Crippen LogP contribution in [0.4, 0.5) is 5.69 Å². The molecule has 0 unspecified atom stereocenters. The van der Waals surface area contributed by atoms with Gasteiger partial charge in [0.2, 0.25) is 0 Å². The summed E-state index contributed by atoms with van der Waals surface area (Å²) in [4.78, 5) is 15.3. The molecule has 2 aromatic carbocycles. The molecule has 0 spiro atoms. The van der Waals surface area contributed by atoms with Crippen LogP contribution in [0.1, 0.15) is 35.3 Å². The number of nitrogen functional groups attached to an aromatic ring is 1. The van der Waals surface area contributed by atoms with Crippen molar-refractivity contribution in [3.05, 3.63) is 63.6 Å². The number of aliphatic imine (C=N–C) groups is 1. The number of halogens is 5. The van der Waals surface area contributed by atoms with E-state index < -0.39 is 3.25 Å². The standard InChI is InChI=1S/C11H13NO2.C8H11BrN2.CCl4/c1-3-14-9(2)12-11(13)10-7-5-4-6-8-10;1-5-3-7(9)4-6(2)8(5)11-10;2-1(3,4)5/h4-8H,3H2,1-2H3;3-4,11H,10H2,1-2H3;. The molecule has 0 aromatic heterocycles. The Hall–Kier alpha value is -1.02. The number of benzene rings is 2. The molecule has 3 N–H and O–H groups in total. The number of carbonyl (C=O) groups excluding carboxylic acids is 1. The molecule has 5 nitrogen and oxygen atoms in total. The van der Waals surface area contributed by atoms with Crippen molar-refractivity contribution in [3.63, 3.8) is 0 Å². The van der Waals surface area contributed by atoms with Gasteiger partial charge in [0.1, 0.15) is 0 Å². The average Bonchev–Trinajstić information content (AvgIpc) is 2.61. The fraction of sp³-hybridized carbons (Fsp3) is 0.300. The first kappa shape index (κ1) is 29.0. The Kier molecular flexibility index (Phi) is 14.4. The summed E-state index contributed by atoms with van der Waals surface area (Å²) >= 11 is 22.7. The molecule has 0 saturated carbocycles. The number of hydrazine groups is 1. The van der Waals surface area contributed by atoms with Crippen LogP contribution < -0.4 is 11.3 Å². The number of nitrogens with one attached hydrogen (secondary N) is 1. The lowest BCUT2D eigenvalue weighted by Gasteiger charge is -2.08. The summed E-state index contributed by atoms with van der Waals surface area (Å²) in [5.41, 5.74) is 6.56. The first-order valence-corrected chi connectivity index (χ1v) is 11.0. The van der Waals surface area contributed by atoms with Gasteiger partial charge in [0.15, 0.2) is 5.90 Å². The lowest BCUT2D eigenvalue weighted by Crippen LogP contribution is -2.09. The summed E-state index contributed by atoms with van der Waals surface area (Å²) in [6.07, 6.45) is 0. The minimum Gasteiger partial charge on any atom is -0.481 e. The molecule has 0 atom stereocenters. The first-order valence-electron chi connectivity index (χ1n) is 8.65. The minimum absolute atomic E-state index is 0.267. The maximum absolute atomic E-state index is 11.5. The second kappa shape index (κ2) is 14.9. The third-order valence-corrected chi connectivity index (χ3v) is 3.73. The predicted molar refractivity (Wildman–Crippen MR) is 133 cm³/mol. The number of rotatable bonds is 3. The van der Waals surface area contributed by atoms with Crippen LogP contribution in [0.3, 0.4) is 0 Å². The van der Waals surface area contributed by atoms with E-state index in [0.29, 0.717) is 18.1 Å². The summed E-state index contributed by atoms with van der Waals surface area (Å²) in [5, 5.41) is 0. The van der Waals surface area contributed by atoms with Gasteiger partial charge < -0.3 is 10.2 Å². The highest BCUT2D eigenvalue weighted by atomic mass is 79.9. The van der Waals surface area contributed by atoms with Gasteiger partial charge in [0.25, 0.3) is 9.16 Å². The van der Waals surface area contributed by atoms with Crippen molar-refractivity contribution in [3.8, 4) is 0 Å². The smallest absolute Gasteiger partial charge is 0.279 e. The first-order chi connectivity index (χ1) is 13.9. The van der Waals surface area contributed by atoms with Gasteiger partial charge in [-0.25, -0.2) is 0 Å². The molecule has 1 amide bonds. The summed E-state index contributed by atoms with van der Waals surface area (Å²) in [6, 6.07) is 13.0. The lowest BCUT2D eigenvalue weighted by molar-refractivity contribution is 0.0999. The second-order valence-electron chi connectivity index (χ2n) is 5.72. The fourth-order valence-electron chi connectivity index (χ4n) is 2.17. The molecule has 2 aromatic rings. The Morgan fingerprint density at radius 1 is 1.13 bits per heavy atom. The number of hydrogen-bond acceptors (Lipinski definition) is 4. The number of nitrogens with zero attached hydrogens (tertiary/aromatic N) is 1. The van der Waals surface area contributed by atoms with Crippen LogP contribution in [0.2, 0.25) is 0 Å². The maximum atomic E-state index is 11.5. The average molecular weight is 560 g/mol. The molecule has 166 valence electrons. The van der Waals surface area contributed by atoms with Crippen molar-refractivity contribution in [1.82, 2.24) is 0 Å². The highest BCUT2D eigenvalue weighted by Crippen LogP contribution is 2.29. The normalized spacial score (nSPS) is 10.8. The number of ether oxygens (including phenoxy) is 1. The van der Waals surface area contributed by atoms with Crippen molar-refractivity contribution < 1.29 is 9.53 Å². The number of amides is 1. The van der Waals surface area contributed by atoms with Gasteiger partial charge in [-0.15, -0.1) is 0 Å². The molecule has 0 saturated heterocycles. The number of alkyl halides is 4. The number of nitrogens with two attached hydrogens (primary N) is 1. The topological polar surface area (TPSA) is 76.7 Å². The number of hydrogen-bond donors (Lipinski definition) is 2. The molecule has 10 heteroatoms. The Balaban J connectivity index is 0.000000468. The highest BCUT2D eigenvalue weighted by molar-refractivity contribution is 9.10. The largest absolute Gasteiger partial charge is 0.481 e. The molecule has 0 bridgehead atoms. The van der Waals surface area contributed by atoms with Crippen molar-refractivity contribution in [2.45, 2.75) is 30.9 Å². The van der Waals surface area contributed by atoms with Crippen LogP contribution >= 0.6 is 62.3 Å². The van der Waals surface area contributed by atoms with Crippen molar-refractivity contribution in [2.75, 3.05) is 12.0 Å². The molecule has 0 aliphatic heterocycles. The summed E-state index contributed by atoms with van der Waals surface area (Å²) in [6.45, 7) is 8.09. The highest BCUT2D eigenvalue weighted by Gasteiger charge is 2.11. The zero-order chi connectivity index (χ0) is 23.3. The van der Waals surface area contributed by atoms with E-state index in [9.17, 15) is 4.79 Å². The van der Waals surface area contributed by atoms with E-state index in [-0.39, 0.29) is 5.91 Å². The van der Waals surface area contributed by atoms with Crippen molar-refractivity contribution >= 4 is 79.8 Å². The molecule has 0 fully saturated rings. The minimum atomic E-state index is -1.61. The number of anilines is 1. The van der Waals surface area contributed by atoms with Crippen molar-refractivity contribution in [2.24, 2.45) is 10.8 Å². The van der Waals surface area contributed by atoms with Crippen molar-refractivity contribution in [1.29, 1.82) is 0 Å². The molecular formula is C20H24BrCl4N3O2. The second-order valence-corrected chi connectivity index (χ2v) is 10.1.